The van der Waals surface area contributed by atoms with E-state index in [4.69, 9.17) is 10.5 Å². The lowest BCUT2D eigenvalue weighted by Crippen LogP contribution is -2.34. The number of hydrogen-bond donors (Lipinski definition) is 1. The maximum Gasteiger partial charge on any atom is 0.0482 e. The zero-order chi connectivity index (χ0) is 9.73. The first-order chi connectivity index (χ1) is 6.17. The summed E-state index contributed by atoms with van der Waals surface area (Å²) in [7, 11) is 1.70. The SMILES string of the molecule is COCCC(C)(N)c1ccccc1. The zero-order valence-electron chi connectivity index (χ0n) is 8.29. The predicted octanol–water partition coefficient (Wildman–Crippen LogP) is 1.90. The average molecular weight is 179 g/mol. The van der Waals surface area contributed by atoms with Gasteiger partial charge in [-0.3, -0.25) is 0 Å². The summed E-state index contributed by atoms with van der Waals surface area (Å²) in [5.74, 6) is 0. The Kier molecular flexibility index (Phi) is 3.46. The van der Waals surface area contributed by atoms with Crippen molar-refractivity contribution < 1.29 is 4.74 Å². The lowest BCUT2D eigenvalue weighted by atomic mass is 9.90. The van der Waals surface area contributed by atoms with Crippen molar-refractivity contribution >= 4 is 0 Å². The Labute approximate surface area is 79.7 Å². The Morgan fingerprint density at radius 1 is 1.31 bits per heavy atom. The molecule has 2 N–H and O–H groups in total. The summed E-state index contributed by atoms with van der Waals surface area (Å²) in [5.41, 5.74) is 7.02. The van der Waals surface area contributed by atoms with Gasteiger partial charge < -0.3 is 10.5 Å². The van der Waals surface area contributed by atoms with E-state index in [-0.39, 0.29) is 5.54 Å². The monoisotopic (exact) mass is 179 g/mol. The van der Waals surface area contributed by atoms with Crippen LogP contribution in [0.5, 0.6) is 0 Å². The van der Waals surface area contributed by atoms with Gasteiger partial charge in [0.05, 0.1) is 0 Å². The van der Waals surface area contributed by atoms with Crippen molar-refractivity contribution in [1.82, 2.24) is 0 Å². The molecule has 0 spiro atoms. The van der Waals surface area contributed by atoms with Crippen molar-refractivity contribution in [2.24, 2.45) is 5.73 Å². The summed E-state index contributed by atoms with van der Waals surface area (Å²) in [5, 5.41) is 0. The Balaban J connectivity index is 2.69. The minimum atomic E-state index is -0.280. The van der Waals surface area contributed by atoms with Gasteiger partial charge in [-0.15, -0.1) is 0 Å². The third-order valence-corrected chi connectivity index (χ3v) is 2.26. The van der Waals surface area contributed by atoms with Gasteiger partial charge in [-0.1, -0.05) is 30.3 Å². The highest BCUT2D eigenvalue weighted by Crippen LogP contribution is 2.20. The van der Waals surface area contributed by atoms with Crippen molar-refractivity contribution in [2.45, 2.75) is 18.9 Å². The van der Waals surface area contributed by atoms with Crippen LogP contribution < -0.4 is 5.73 Å². The fourth-order valence-electron chi connectivity index (χ4n) is 1.28. The van der Waals surface area contributed by atoms with Crippen LogP contribution in [0.4, 0.5) is 0 Å². The summed E-state index contributed by atoms with van der Waals surface area (Å²) >= 11 is 0. The van der Waals surface area contributed by atoms with Gasteiger partial charge in [0, 0.05) is 19.3 Å². The van der Waals surface area contributed by atoms with E-state index in [1.165, 1.54) is 0 Å². The van der Waals surface area contributed by atoms with Crippen LogP contribution in [0.25, 0.3) is 0 Å². The molecule has 0 bridgehead atoms. The van der Waals surface area contributed by atoms with E-state index in [1.54, 1.807) is 7.11 Å². The smallest absolute Gasteiger partial charge is 0.0482 e. The second-order valence-electron chi connectivity index (χ2n) is 3.53. The summed E-state index contributed by atoms with van der Waals surface area (Å²) in [4.78, 5) is 0. The molecule has 1 atom stereocenters. The number of nitrogens with two attached hydrogens (primary N) is 1. The van der Waals surface area contributed by atoms with E-state index >= 15 is 0 Å². The standard InChI is InChI=1S/C11H17NO/c1-11(12,8-9-13-2)10-6-4-3-5-7-10/h3-7H,8-9,12H2,1-2H3. The van der Waals surface area contributed by atoms with Crippen LogP contribution in [0, 0.1) is 0 Å². The van der Waals surface area contributed by atoms with Crippen LogP contribution in [0.2, 0.25) is 0 Å². The fourth-order valence-corrected chi connectivity index (χ4v) is 1.28. The molecule has 2 nitrogen and oxygen atoms in total. The zero-order valence-corrected chi connectivity index (χ0v) is 8.29. The van der Waals surface area contributed by atoms with Gasteiger partial charge in [-0.25, -0.2) is 0 Å². The molecule has 0 aliphatic rings. The lowest BCUT2D eigenvalue weighted by Gasteiger charge is -2.24. The minimum Gasteiger partial charge on any atom is -0.385 e. The van der Waals surface area contributed by atoms with Crippen molar-refractivity contribution in [3.05, 3.63) is 35.9 Å². The fraction of sp³-hybridized carbons (Fsp3) is 0.455. The molecule has 2 heteroatoms. The summed E-state index contributed by atoms with van der Waals surface area (Å²) in [6, 6.07) is 10.1. The van der Waals surface area contributed by atoms with Gasteiger partial charge in [0.15, 0.2) is 0 Å². The number of ether oxygens (including phenoxy) is 1. The molecule has 1 aromatic rings. The molecule has 0 aliphatic heterocycles. The van der Waals surface area contributed by atoms with E-state index in [0.29, 0.717) is 6.61 Å². The number of methoxy groups -OCH3 is 1. The van der Waals surface area contributed by atoms with Gasteiger partial charge in [0.2, 0.25) is 0 Å². The van der Waals surface area contributed by atoms with E-state index in [1.807, 2.05) is 25.1 Å². The molecule has 72 valence electrons. The topological polar surface area (TPSA) is 35.2 Å². The molecule has 1 unspecified atom stereocenters. The highest BCUT2D eigenvalue weighted by molar-refractivity contribution is 5.22. The van der Waals surface area contributed by atoms with Crippen molar-refractivity contribution in [1.29, 1.82) is 0 Å². The molecule has 0 saturated heterocycles. The van der Waals surface area contributed by atoms with Crippen LogP contribution >= 0.6 is 0 Å². The van der Waals surface area contributed by atoms with Gasteiger partial charge >= 0.3 is 0 Å². The lowest BCUT2D eigenvalue weighted by molar-refractivity contribution is 0.172. The molecule has 0 radical (unpaired) electrons. The summed E-state index contributed by atoms with van der Waals surface area (Å²) < 4.78 is 5.02. The van der Waals surface area contributed by atoms with Crippen molar-refractivity contribution in [3.63, 3.8) is 0 Å². The highest BCUT2D eigenvalue weighted by Gasteiger charge is 2.19. The molecular formula is C11H17NO. The molecule has 1 aromatic carbocycles. The van der Waals surface area contributed by atoms with Gasteiger partial charge in [-0.2, -0.15) is 0 Å². The number of benzene rings is 1. The van der Waals surface area contributed by atoms with Crippen LogP contribution in [0.15, 0.2) is 30.3 Å². The number of rotatable bonds is 4. The van der Waals surface area contributed by atoms with E-state index in [2.05, 4.69) is 12.1 Å². The molecule has 0 aromatic heterocycles. The van der Waals surface area contributed by atoms with Gasteiger partial charge in [0.1, 0.15) is 0 Å². The number of hydrogen-bond acceptors (Lipinski definition) is 2. The van der Waals surface area contributed by atoms with Crippen LogP contribution in [-0.2, 0) is 10.3 Å². The first-order valence-electron chi connectivity index (χ1n) is 4.50. The van der Waals surface area contributed by atoms with Crippen LogP contribution in [0.3, 0.4) is 0 Å². The van der Waals surface area contributed by atoms with E-state index < -0.39 is 0 Å². The van der Waals surface area contributed by atoms with E-state index in [0.717, 1.165) is 12.0 Å². The third kappa shape index (κ3) is 2.83. The third-order valence-electron chi connectivity index (χ3n) is 2.26. The highest BCUT2D eigenvalue weighted by atomic mass is 16.5. The normalized spacial score (nSPS) is 15.3. The van der Waals surface area contributed by atoms with Crippen molar-refractivity contribution in [3.8, 4) is 0 Å². The average Bonchev–Trinajstić information content (AvgIpc) is 2.16. The first kappa shape index (κ1) is 10.2. The first-order valence-corrected chi connectivity index (χ1v) is 4.50. The molecule has 0 fully saturated rings. The maximum absolute atomic E-state index is 6.14. The van der Waals surface area contributed by atoms with E-state index in [9.17, 15) is 0 Å². The molecule has 0 aliphatic carbocycles. The summed E-state index contributed by atoms with van der Waals surface area (Å²) in [6.07, 6.45) is 0.841. The largest absolute Gasteiger partial charge is 0.385 e. The van der Waals surface area contributed by atoms with Crippen LogP contribution in [0.1, 0.15) is 18.9 Å². The second kappa shape index (κ2) is 4.40. The van der Waals surface area contributed by atoms with Crippen molar-refractivity contribution in [2.75, 3.05) is 13.7 Å². The quantitative estimate of drug-likeness (QED) is 0.766. The molecule has 0 amide bonds. The Hall–Kier alpha value is -0.860. The Morgan fingerprint density at radius 3 is 2.46 bits per heavy atom. The minimum absolute atomic E-state index is 0.280. The molecular weight excluding hydrogens is 162 g/mol. The molecule has 1 rings (SSSR count). The Morgan fingerprint density at radius 2 is 1.92 bits per heavy atom. The molecule has 13 heavy (non-hydrogen) atoms. The maximum atomic E-state index is 6.14. The Bertz CT molecular complexity index is 244. The second-order valence-corrected chi connectivity index (χ2v) is 3.53. The summed E-state index contributed by atoms with van der Waals surface area (Å²) in [6.45, 7) is 2.73. The molecule has 0 saturated carbocycles. The van der Waals surface area contributed by atoms with Gasteiger partial charge in [0.25, 0.3) is 0 Å². The van der Waals surface area contributed by atoms with Gasteiger partial charge in [-0.05, 0) is 18.9 Å². The predicted molar refractivity (Wildman–Crippen MR) is 54.5 cm³/mol. The van der Waals surface area contributed by atoms with Crippen LogP contribution in [-0.4, -0.2) is 13.7 Å². The molecule has 0 heterocycles.